The van der Waals surface area contributed by atoms with Gasteiger partial charge in [0, 0.05) is 5.56 Å². The number of rotatable bonds is 4. The van der Waals surface area contributed by atoms with E-state index in [1.165, 1.54) is 7.11 Å². The fourth-order valence-corrected chi connectivity index (χ4v) is 1.30. The van der Waals surface area contributed by atoms with Crippen molar-refractivity contribution in [2.24, 2.45) is 0 Å². The van der Waals surface area contributed by atoms with Gasteiger partial charge in [-0.1, -0.05) is 6.07 Å². The third kappa shape index (κ3) is 3.88. The monoisotopic (exact) mass is 236 g/mol. The molecule has 5 nitrogen and oxygen atoms in total. The highest BCUT2D eigenvalue weighted by molar-refractivity contribution is 5.96. The van der Waals surface area contributed by atoms with Gasteiger partial charge >= 0.3 is 0 Å². The first-order valence-corrected chi connectivity index (χ1v) is 5.22. The van der Waals surface area contributed by atoms with Gasteiger partial charge in [0.05, 0.1) is 13.7 Å². The normalized spacial score (nSPS) is 9.82. The van der Waals surface area contributed by atoms with Crippen molar-refractivity contribution in [1.29, 1.82) is 0 Å². The van der Waals surface area contributed by atoms with Crippen LogP contribution >= 0.6 is 0 Å². The second-order valence-electron chi connectivity index (χ2n) is 3.71. The molecule has 5 heteroatoms. The maximum Gasteiger partial charge on any atom is 0.262 e. The van der Waals surface area contributed by atoms with Crippen LogP contribution in [0.25, 0.3) is 0 Å². The summed E-state index contributed by atoms with van der Waals surface area (Å²) >= 11 is 0. The maximum atomic E-state index is 11.7. The SMILES string of the molecule is CONC(=O)CNC(=O)c1ccc(C)c(C)c1. The summed E-state index contributed by atoms with van der Waals surface area (Å²) in [5.41, 5.74) is 4.82. The Morgan fingerprint density at radius 3 is 2.53 bits per heavy atom. The number of amides is 2. The molecule has 1 aromatic carbocycles. The Labute approximate surface area is 100 Å². The molecule has 0 atom stereocenters. The molecule has 0 heterocycles. The summed E-state index contributed by atoms with van der Waals surface area (Å²) in [6, 6.07) is 5.39. The van der Waals surface area contributed by atoms with E-state index in [9.17, 15) is 9.59 Å². The quantitative estimate of drug-likeness (QED) is 0.757. The van der Waals surface area contributed by atoms with Gasteiger partial charge in [-0.15, -0.1) is 0 Å². The Hall–Kier alpha value is -1.88. The van der Waals surface area contributed by atoms with Crippen molar-refractivity contribution >= 4 is 11.8 Å². The van der Waals surface area contributed by atoms with Gasteiger partial charge in [0.15, 0.2) is 0 Å². The number of carbonyl (C=O) groups excluding carboxylic acids is 2. The van der Waals surface area contributed by atoms with Gasteiger partial charge in [-0.05, 0) is 37.1 Å². The lowest BCUT2D eigenvalue weighted by atomic mass is 10.1. The molecule has 0 spiro atoms. The molecule has 0 radical (unpaired) electrons. The van der Waals surface area contributed by atoms with Crippen molar-refractivity contribution in [3.05, 3.63) is 34.9 Å². The second-order valence-corrected chi connectivity index (χ2v) is 3.71. The van der Waals surface area contributed by atoms with Crippen LogP contribution in [0.4, 0.5) is 0 Å². The molecule has 0 aromatic heterocycles. The Bertz CT molecular complexity index is 430. The van der Waals surface area contributed by atoms with E-state index in [2.05, 4.69) is 15.6 Å². The van der Waals surface area contributed by atoms with Crippen LogP contribution in [0.2, 0.25) is 0 Å². The number of hydroxylamine groups is 1. The van der Waals surface area contributed by atoms with Crippen molar-refractivity contribution in [1.82, 2.24) is 10.8 Å². The van der Waals surface area contributed by atoms with Gasteiger partial charge in [0.2, 0.25) is 0 Å². The van der Waals surface area contributed by atoms with Gasteiger partial charge in [-0.3, -0.25) is 14.4 Å². The lowest BCUT2D eigenvalue weighted by Crippen LogP contribution is -2.36. The Morgan fingerprint density at radius 2 is 1.94 bits per heavy atom. The first-order valence-electron chi connectivity index (χ1n) is 5.22. The van der Waals surface area contributed by atoms with Crippen LogP contribution < -0.4 is 10.8 Å². The third-order valence-electron chi connectivity index (χ3n) is 2.39. The zero-order valence-corrected chi connectivity index (χ0v) is 10.2. The summed E-state index contributed by atoms with van der Waals surface area (Å²) in [5, 5.41) is 2.50. The number of carbonyl (C=O) groups is 2. The number of nitrogens with one attached hydrogen (secondary N) is 2. The average Bonchev–Trinajstić information content (AvgIpc) is 2.30. The van der Waals surface area contributed by atoms with Gasteiger partial charge in [-0.2, -0.15) is 0 Å². The van der Waals surface area contributed by atoms with Crippen molar-refractivity contribution < 1.29 is 14.4 Å². The van der Waals surface area contributed by atoms with E-state index in [1.807, 2.05) is 19.9 Å². The highest BCUT2D eigenvalue weighted by Crippen LogP contribution is 2.09. The molecular weight excluding hydrogens is 220 g/mol. The molecule has 92 valence electrons. The Balaban J connectivity index is 2.58. The van der Waals surface area contributed by atoms with E-state index in [0.29, 0.717) is 5.56 Å². The van der Waals surface area contributed by atoms with Gasteiger partial charge in [0.25, 0.3) is 11.8 Å². The van der Waals surface area contributed by atoms with Crippen LogP contribution in [0, 0.1) is 13.8 Å². The second kappa shape index (κ2) is 6.00. The summed E-state index contributed by atoms with van der Waals surface area (Å²) in [7, 11) is 1.34. The predicted octanol–water partition coefficient (Wildman–Crippen LogP) is 0.711. The van der Waals surface area contributed by atoms with Crippen LogP contribution in [0.1, 0.15) is 21.5 Å². The third-order valence-corrected chi connectivity index (χ3v) is 2.39. The highest BCUT2D eigenvalue weighted by Gasteiger charge is 2.08. The van der Waals surface area contributed by atoms with E-state index in [0.717, 1.165) is 11.1 Å². The largest absolute Gasteiger partial charge is 0.343 e. The summed E-state index contributed by atoms with van der Waals surface area (Å²) in [5.74, 6) is -0.677. The minimum atomic E-state index is -0.398. The fourth-order valence-electron chi connectivity index (χ4n) is 1.30. The molecule has 0 saturated heterocycles. The molecule has 0 fully saturated rings. The number of hydrogen-bond acceptors (Lipinski definition) is 3. The van der Waals surface area contributed by atoms with E-state index in [1.54, 1.807) is 12.1 Å². The molecule has 0 aliphatic heterocycles. The molecule has 2 amide bonds. The zero-order valence-electron chi connectivity index (χ0n) is 10.2. The number of aryl methyl sites for hydroxylation is 2. The highest BCUT2D eigenvalue weighted by atomic mass is 16.6. The molecule has 0 unspecified atom stereocenters. The summed E-state index contributed by atoms with van der Waals surface area (Å²) < 4.78 is 0. The maximum absolute atomic E-state index is 11.7. The van der Waals surface area contributed by atoms with E-state index in [4.69, 9.17) is 0 Å². The van der Waals surface area contributed by atoms with E-state index in [-0.39, 0.29) is 12.5 Å². The van der Waals surface area contributed by atoms with E-state index < -0.39 is 5.91 Å². The molecule has 0 bridgehead atoms. The molecule has 0 aliphatic carbocycles. The lowest BCUT2D eigenvalue weighted by Gasteiger charge is -2.07. The van der Waals surface area contributed by atoms with Gasteiger partial charge in [0.1, 0.15) is 0 Å². The molecule has 0 aliphatic rings. The number of benzene rings is 1. The van der Waals surface area contributed by atoms with Crippen molar-refractivity contribution in [2.75, 3.05) is 13.7 Å². The van der Waals surface area contributed by atoms with Crippen molar-refractivity contribution in [3.8, 4) is 0 Å². The van der Waals surface area contributed by atoms with Crippen LogP contribution in [0.5, 0.6) is 0 Å². The van der Waals surface area contributed by atoms with Gasteiger partial charge < -0.3 is 5.32 Å². The van der Waals surface area contributed by atoms with Crippen LogP contribution in [-0.4, -0.2) is 25.5 Å². The first-order chi connectivity index (χ1) is 8.04. The van der Waals surface area contributed by atoms with Gasteiger partial charge in [-0.25, -0.2) is 5.48 Å². The summed E-state index contributed by atoms with van der Waals surface area (Å²) in [6.45, 7) is 3.80. The van der Waals surface area contributed by atoms with Crippen molar-refractivity contribution in [3.63, 3.8) is 0 Å². The van der Waals surface area contributed by atoms with Crippen LogP contribution in [0.3, 0.4) is 0 Å². The molecule has 17 heavy (non-hydrogen) atoms. The summed E-state index contributed by atoms with van der Waals surface area (Å²) in [4.78, 5) is 27.2. The predicted molar refractivity (Wildman–Crippen MR) is 63.4 cm³/mol. The van der Waals surface area contributed by atoms with Crippen LogP contribution in [-0.2, 0) is 9.63 Å². The summed E-state index contributed by atoms with van der Waals surface area (Å²) in [6.07, 6.45) is 0. The van der Waals surface area contributed by atoms with E-state index >= 15 is 0 Å². The standard InChI is InChI=1S/C12H16N2O3/c1-8-4-5-10(6-9(8)2)12(16)13-7-11(15)14-17-3/h4-6H,7H2,1-3H3,(H,13,16)(H,14,15). The molecule has 2 N–H and O–H groups in total. The Kier molecular flexibility index (Phi) is 4.66. The average molecular weight is 236 g/mol. The topological polar surface area (TPSA) is 67.4 Å². The molecular formula is C12H16N2O3. The minimum Gasteiger partial charge on any atom is -0.343 e. The first kappa shape index (κ1) is 13.2. The minimum absolute atomic E-state index is 0.112. The molecule has 0 saturated carbocycles. The zero-order chi connectivity index (χ0) is 12.8. The molecule has 1 aromatic rings. The van der Waals surface area contributed by atoms with Crippen molar-refractivity contribution in [2.45, 2.75) is 13.8 Å². The number of hydrogen-bond donors (Lipinski definition) is 2. The Morgan fingerprint density at radius 1 is 1.24 bits per heavy atom. The fraction of sp³-hybridized carbons (Fsp3) is 0.333. The lowest BCUT2D eigenvalue weighted by molar-refractivity contribution is -0.130. The van der Waals surface area contributed by atoms with Crippen LogP contribution in [0.15, 0.2) is 18.2 Å². The molecule has 1 rings (SSSR count). The smallest absolute Gasteiger partial charge is 0.262 e.